The first-order valence-corrected chi connectivity index (χ1v) is 10.1. The number of rotatable bonds is 5. The van der Waals surface area contributed by atoms with Crippen molar-refractivity contribution in [3.05, 3.63) is 65.7 Å². The second-order valence-electron chi connectivity index (χ2n) is 7.81. The molecule has 5 nitrogen and oxygen atoms in total. The zero-order valence-electron chi connectivity index (χ0n) is 17.0. The number of aromatic nitrogens is 3. The van der Waals surface area contributed by atoms with E-state index in [4.69, 9.17) is 0 Å². The van der Waals surface area contributed by atoms with E-state index in [0.717, 1.165) is 30.6 Å². The largest absolute Gasteiger partial charge is 0.333 e. The van der Waals surface area contributed by atoms with Crippen LogP contribution in [0.25, 0.3) is 11.1 Å². The summed E-state index contributed by atoms with van der Waals surface area (Å²) in [7, 11) is 0. The number of anilines is 1. The van der Waals surface area contributed by atoms with Crippen molar-refractivity contribution in [3.8, 4) is 11.1 Å². The normalized spacial score (nSPS) is 16.2. The third-order valence-corrected chi connectivity index (χ3v) is 5.60. The number of hydrogen-bond donors (Lipinski definition) is 1. The number of pyridine rings is 1. The molecule has 0 bridgehead atoms. The van der Waals surface area contributed by atoms with Crippen LogP contribution in [-0.2, 0) is 0 Å². The molecule has 0 radical (unpaired) electrons. The highest BCUT2D eigenvalue weighted by atomic mass is 19.3. The molecule has 4 rings (SSSR count). The fourth-order valence-corrected chi connectivity index (χ4v) is 3.91. The Morgan fingerprint density at radius 1 is 1.12 bits per heavy atom. The average molecular weight is 468 g/mol. The number of carbonyl (C=O) groups is 1. The Hall–Kier alpha value is -3.37. The second kappa shape index (κ2) is 8.87. The Balaban J connectivity index is 1.77. The van der Waals surface area contributed by atoms with Crippen LogP contribution >= 0.6 is 0 Å². The van der Waals surface area contributed by atoms with Gasteiger partial charge in [-0.25, -0.2) is 22.2 Å². The predicted molar refractivity (Wildman–Crippen MR) is 107 cm³/mol. The summed E-state index contributed by atoms with van der Waals surface area (Å²) >= 11 is 0. The molecule has 3 aromatic rings. The van der Waals surface area contributed by atoms with Crippen molar-refractivity contribution < 1.29 is 31.1 Å². The van der Waals surface area contributed by atoms with Crippen LogP contribution in [0.2, 0.25) is 0 Å². The third kappa shape index (κ3) is 4.86. The van der Waals surface area contributed by atoms with Gasteiger partial charge in [0.25, 0.3) is 5.91 Å². The van der Waals surface area contributed by atoms with Gasteiger partial charge in [0.2, 0.25) is 5.92 Å². The third-order valence-electron chi connectivity index (χ3n) is 5.60. The summed E-state index contributed by atoms with van der Waals surface area (Å²) in [5.41, 5.74) is -0.0403. The highest BCUT2D eigenvalue weighted by molar-refractivity contribution is 6.06. The molecule has 1 aliphatic carbocycles. The maximum Gasteiger partial charge on any atom is 0.333 e. The molecule has 1 amide bonds. The second-order valence-corrected chi connectivity index (χ2v) is 7.81. The Labute approximate surface area is 184 Å². The van der Waals surface area contributed by atoms with E-state index in [1.807, 2.05) is 0 Å². The summed E-state index contributed by atoms with van der Waals surface area (Å²) in [6, 6.07) is 4.15. The number of amides is 1. The average Bonchev–Trinajstić information content (AvgIpc) is 3.27. The summed E-state index contributed by atoms with van der Waals surface area (Å²) in [6.07, 6.45) is 2.47. The van der Waals surface area contributed by atoms with Crippen molar-refractivity contribution in [2.75, 3.05) is 5.32 Å². The predicted octanol–water partition coefficient (Wildman–Crippen LogP) is 6.16. The quantitative estimate of drug-likeness (QED) is 0.456. The lowest BCUT2D eigenvalue weighted by atomic mass is 9.83. The minimum atomic E-state index is -2.96. The van der Waals surface area contributed by atoms with E-state index >= 15 is 0 Å². The van der Waals surface area contributed by atoms with E-state index in [9.17, 15) is 31.1 Å². The smallest absolute Gasteiger partial charge is 0.320 e. The monoisotopic (exact) mass is 468 g/mol. The lowest BCUT2D eigenvalue weighted by Gasteiger charge is -2.29. The van der Waals surface area contributed by atoms with Crippen LogP contribution in [0.15, 0.2) is 42.9 Å². The van der Waals surface area contributed by atoms with Crippen molar-refractivity contribution in [2.45, 2.75) is 44.1 Å². The maximum absolute atomic E-state index is 14.6. The molecule has 2 aromatic heterocycles. The Morgan fingerprint density at radius 3 is 2.52 bits per heavy atom. The molecule has 174 valence electrons. The van der Waals surface area contributed by atoms with Gasteiger partial charge in [-0.1, -0.05) is 0 Å². The molecule has 2 heterocycles. The first-order valence-electron chi connectivity index (χ1n) is 10.1. The zero-order valence-corrected chi connectivity index (χ0v) is 17.0. The summed E-state index contributed by atoms with van der Waals surface area (Å²) < 4.78 is 81.8. The van der Waals surface area contributed by atoms with E-state index in [0.29, 0.717) is 0 Å². The molecule has 0 saturated heterocycles. The fourth-order valence-electron chi connectivity index (χ4n) is 3.91. The van der Waals surface area contributed by atoms with Gasteiger partial charge in [0.15, 0.2) is 0 Å². The van der Waals surface area contributed by atoms with Gasteiger partial charge in [0, 0.05) is 42.3 Å². The van der Waals surface area contributed by atoms with Gasteiger partial charge in [0.1, 0.15) is 11.6 Å². The van der Waals surface area contributed by atoms with Crippen LogP contribution in [0.4, 0.5) is 32.0 Å². The number of nitrogens with zero attached hydrogens (tertiary/aromatic N) is 3. The molecule has 1 fully saturated rings. The van der Waals surface area contributed by atoms with Gasteiger partial charge in [-0.15, -0.1) is 0 Å². The minimum Gasteiger partial charge on any atom is -0.320 e. The van der Waals surface area contributed by atoms with E-state index in [-0.39, 0.29) is 58.4 Å². The summed E-state index contributed by atoms with van der Waals surface area (Å²) in [5, 5.41) is 5.94. The van der Waals surface area contributed by atoms with Crippen molar-refractivity contribution in [1.82, 2.24) is 14.8 Å². The van der Waals surface area contributed by atoms with Gasteiger partial charge < -0.3 is 5.32 Å². The van der Waals surface area contributed by atoms with Crippen LogP contribution < -0.4 is 5.32 Å². The number of nitrogens with one attached hydrogen (secondary N) is 1. The topological polar surface area (TPSA) is 59.8 Å². The van der Waals surface area contributed by atoms with E-state index in [2.05, 4.69) is 15.4 Å². The Morgan fingerprint density at radius 2 is 1.85 bits per heavy atom. The van der Waals surface area contributed by atoms with Gasteiger partial charge in [-0.05, 0) is 37.1 Å². The van der Waals surface area contributed by atoms with Crippen LogP contribution in [0.5, 0.6) is 0 Å². The summed E-state index contributed by atoms with van der Waals surface area (Å²) in [4.78, 5) is 17.1. The SMILES string of the molecule is O=C(Nc1c(-c2cc(F)ccc2F)ccnc1C1CCC(F)(F)CC1)c1cnn(C(F)F)c1. The molecule has 1 aromatic carbocycles. The molecule has 0 unspecified atom stereocenters. The van der Waals surface area contributed by atoms with Crippen LogP contribution in [0, 0.1) is 11.6 Å². The zero-order chi connectivity index (χ0) is 23.8. The first-order chi connectivity index (χ1) is 15.6. The first kappa shape index (κ1) is 22.8. The Kier molecular flexibility index (Phi) is 6.13. The molecule has 1 N–H and O–H groups in total. The standard InChI is InChI=1S/C22H18F6N4O/c23-14-1-2-17(24)16(9-14)15-5-8-29-18(12-3-6-22(27,28)7-4-12)19(15)31-20(33)13-10-30-32(11-13)21(25)26/h1-2,5,8-12,21H,3-4,6-7H2,(H,31,33). The van der Waals surface area contributed by atoms with Crippen molar-refractivity contribution in [2.24, 2.45) is 0 Å². The highest BCUT2D eigenvalue weighted by Crippen LogP contribution is 2.44. The fraction of sp³-hybridized carbons (Fsp3) is 0.318. The van der Waals surface area contributed by atoms with Crippen molar-refractivity contribution in [3.63, 3.8) is 0 Å². The summed E-state index contributed by atoms with van der Waals surface area (Å²) in [6.45, 7) is -2.96. The van der Waals surface area contributed by atoms with Gasteiger partial charge in [0.05, 0.1) is 23.1 Å². The van der Waals surface area contributed by atoms with Gasteiger partial charge in [-0.3, -0.25) is 9.78 Å². The molecule has 0 spiro atoms. The van der Waals surface area contributed by atoms with Gasteiger partial charge >= 0.3 is 6.55 Å². The lowest BCUT2D eigenvalue weighted by molar-refractivity contribution is -0.0384. The molecular formula is C22H18F6N4O. The number of halogens is 6. The number of alkyl halides is 4. The van der Waals surface area contributed by atoms with E-state index in [1.165, 1.54) is 12.3 Å². The van der Waals surface area contributed by atoms with Gasteiger partial charge in [-0.2, -0.15) is 13.9 Å². The molecule has 11 heteroatoms. The Bertz CT molecular complexity index is 1170. The minimum absolute atomic E-state index is 0.00649. The molecule has 0 atom stereocenters. The maximum atomic E-state index is 14.6. The van der Waals surface area contributed by atoms with E-state index < -0.39 is 35.9 Å². The summed E-state index contributed by atoms with van der Waals surface area (Å²) in [5.74, 6) is -5.62. The number of hydrogen-bond acceptors (Lipinski definition) is 3. The molecule has 1 saturated carbocycles. The number of benzene rings is 1. The number of carbonyl (C=O) groups excluding carboxylic acids is 1. The molecule has 0 aliphatic heterocycles. The van der Waals surface area contributed by atoms with Crippen molar-refractivity contribution in [1.29, 1.82) is 0 Å². The van der Waals surface area contributed by atoms with E-state index in [1.54, 1.807) is 0 Å². The molecule has 33 heavy (non-hydrogen) atoms. The van der Waals surface area contributed by atoms with Crippen LogP contribution in [0.3, 0.4) is 0 Å². The van der Waals surface area contributed by atoms with Crippen molar-refractivity contribution >= 4 is 11.6 Å². The van der Waals surface area contributed by atoms with Crippen LogP contribution in [0.1, 0.15) is 54.2 Å². The lowest BCUT2D eigenvalue weighted by Crippen LogP contribution is -2.25. The molecule has 1 aliphatic rings. The molecular weight excluding hydrogens is 450 g/mol. The highest BCUT2D eigenvalue weighted by Gasteiger charge is 2.37. The van der Waals surface area contributed by atoms with Crippen LogP contribution in [-0.4, -0.2) is 26.6 Å².